The molecule has 1 heterocycles. The molecule has 0 spiro atoms. The maximum absolute atomic E-state index is 13.7. The smallest absolute Gasteiger partial charge is 0.329 e. The molecule has 1 fully saturated rings. The molecule has 3 atom stereocenters. The Hall–Kier alpha value is -2.28. The number of likely N-dealkylation sites (tertiary alicyclic amines) is 1. The summed E-state index contributed by atoms with van der Waals surface area (Å²) in [5.74, 6) is -2.38. The van der Waals surface area contributed by atoms with Crippen molar-refractivity contribution in [3.05, 3.63) is 11.6 Å². The van der Waals surface area contributed by atoms with Gasteiger partial charge in [-0.3, -0.25) is 14.4 Å². The van der Waals surface area contributed by atoms with Crippen LogP contribution in [0.2, 0.25) is 0 Å². The molecule has 0 aromatic heterocycles. The zero-order valence-corrected chi connectivity index (χ0v) is 34.2. The average molecular weight is 774 g/mol. The molecule has 1 aliphatic heterocycles. The fourth-order valence-electron chi connectivity index (χ4n) is 5.68. The van der Waals surface area contributed by atoms with Crippen molar-refractivity contribution < 1.29 is 32.3 Å². The van der Waals surface area contributed by atoms with Crippen molar-refractivity contribution in [2.45, 2.75) is 154 Å². The molecule has 3 N–H and O–H groups in total. The summed E-state index contributed by atoms with van der Waals surface area (Å²) in [5, 5.41) is 14.4. The van der Waals surface area contributed by atoms with Gasteiger partial charge in [0.2, 0.25) is 27.7 Å². The van der Waals surface area contributed by atoms with Crippen LogP contribution < -0.4 is 15.4 Å². The lowest BCUT2D eigenvalue weighted by Gasteiger charge is -2.38. The van der Waals surface area contributed by atoms with E-state index in [9.17, 15) is 32.9 Å². The summed E-state index contributed by atoms with van der Waals surface area (Å²) in [7, 11) is 0.457. The minimum Gasteiger partial charge on any atom is -0.467 e. The number of hydrogen-bond acceptors (Lipinski definition) is 10. The van der Waals surface area contributed by atoms with Gasteiger partial charge in [-0.2, -0.15) is 5.26 Å². The number of methoxy groups -OCH3 is 1. The predicted octanol–water partition coefficient (Wildman–Crippen LogP) is 5.78. The Balaban J connectivity index is 2.71. The predicted molar refractivity (Wildman–Crippen MR) is 207 cm³/mol. The Morgan fingerprint density at radius 1 is 1.00 bits per heavy atom. The number of sulfonamides is 1. The lowest BCUT2D eigenvalue weighted by Crippen LogP contribution is -2.61. The first kappa shape index (κ1) is 46.7. The van der Waals surface area contributed by atoms with Crippen molar-refractivity contribution in [2.24, 2.45) is 0 Å². The molecule has 0 radical (unpaired) electrons. The van der Waals surface area contributed by atoms with Gasteiger partial charge in [0, 0.05) is 43.0 Å². The Morgan fingerprint density at radius 2 is 1.55 bits per heavy atom. The highest BCUT2D eigenvalue weighted by Gasteiger charge is 2.40. The van der Waals surface area contributed by atoms with E-state index in [1.165, 1.54) is 93.6 Å². The van der Waals surface area contributed by atoms with Crippen LogP contribution in [0.5, 0.6) is 0 Å². The molecule has 0 unspecified atom stereocenters. The normalized spacial score (nSPS) is 17.1. The van der Waals surface area contributed by atoms with E-state index < -0.39 is 58.4 Å². The molecule has 0 saturated carbocycles. The van der Waals surface area contributed by atoms with Gasteiger partial charge in [0.15, 0.2) is 0 Å². The first-order chi connectivity index (χ1) is 24.1. The van der Waals surface area contributed by atoms with Crippen molar-refractivity contribution in [2.75, 3.05) is 31.7 Å². The quantitative estimate of drug-likeness (QED) is 0.0423. The number of carbonyl (C=O) groups is 4. The van der Waals surface area contributed by atoms with Gasteiger partial charge < -0.3 is 20.3 Å². The third-order valence-electron chi connectivity index (χ3n) is 8.36. The molecule has 1 saturated heterocycles. The number of piperidine rings is 1. The van der Waals surface area contributed by atoms with Crippen LogP contribution in [0.1, 0.15) is 131 Å². The van der Waals surface area contributed by atoms with Gasteiger partial charge in [0.25, 0.3) is 0 Å². The summed E-state index contributed by atoms with van der Waals surface area (Å²) >= 11 is 0. The Morgan fingerprint density at radius 3 is 2.04 bits per heavy atom. The molecule has 292 valence electrons. The highest BCUT2D eigenvalue weighted by molar-refractivity contribution is 8.77. The largest absolute Gasteiger partial charge is 0.467 e. The minimum atomic E-state index is -3.73. The van der Waals surface area contributed by atoms with Gasteiger partial charge in [-0.05, 0) is 12.0 Å². The van der Waals surface area contributed by atoms with Crippen LogP contribution in [-0.2, 0) is 33.9 Å². The second-order valence-corrected chi connectivity index (χ2v) is 19.3. The van der Waals surface area contributed by atoms with Gasteiger partial charge in [-0.1, -0.05) is 133 Å². The van der Waals surface area contributed by atoms with Gasteiger partial charge >= 0.3 is 5.97 Å². The standard InChI is InChI=1S/C36H63N5O7S3/c1-7-8-9-10-11-12-13-14-15-16-17-18-19-20-23-51(46,47)38-25-31(39-28(2)42)33(43)40-30-24-29(21-22-37)26-41(34(30)44)32(35(45)48-6)27-49-50-36(3,4)5/h21,30-32,38H,7-20,23-27H2,1-6H3,(H,39,42)(H,40,43)/b29-21-/t30-,31-,32-/m0/s1. The number of nitrogens with zero attached hydrogens (tertiary/aromatic N) is 2. The summed E-state index contributed by atoms with van der Waals surface area (Å²) in [5.41, 5.74) is 0.523. The number of ether oxygens (including phenoxy) is 1. The zero-order valence-electron chi connectivity index (χ0n) is 31.7. The van der Waals surface area contributed by atoms with Crippen LogP contribution in [0.15, 0.2) is 11.6 Å². The summed E-state index contributed by atoms with van der Waals surface area (Å²) < 4.78 is 32.9. The van der Waals surface area contributed by atoms with Crippen molar-refractivity contribution >= 4 is 55.3 Å². The number of hydrogen-bond donors (Lipinski definition) is 3. The monoisotopic (exact) mass is 773 g/mol. The average Bonchev–Trinajstić information content (AvgIpc) is 3.05. The Labute approximate surface area is 315 Å². The van der Waals surface area contributed by atoms with Gasteiger partial charge in [-0.15, -0.1) is 0 Å². The molecule has 12 nitrogen and oxygen atoms in total. The van der Waals surface area contributed by atoms with Crippen molar-refractivity contribution in [3.63, 3.8) is 0 Å². The van der Waals surface area contributed by atoms with E-state index in [1.807, 2.05) is 26.8 Å². The van der Waals surface area contributed by atoms with Crippen LogP contribution >= 0.6 is 21.6 Å². The molecule has 0 aliphatic carbocycles. The number of allylic oxidation sites excluding steroid dienone is 1. The van der Waals surface area contributed by atoms with E-state index >= 15 is 0 Å². The molecule has 15 heteroatoms. The van der Waals surface area contributed by atoms with E-state index in [0.29, 0.717) is 12.0 Å². The fraction of sp³-hybridized carbons (Fsp3) is 0.806. The summed E-state index contributed by atoms with van der Waals surface area (Å²) in [4.78, 5) is 53.2. The summed E-state index contributed by atoms with van der Waals surface area (Å²) in [6.45, 7) is 9.12. The number of rotatable bonds is 26. The molecule has 0 aromatic carbocycles. The van der Waals surface area contributed by atoms with Gasteiger partial charge in [0.05, 0.1) is 18.9 Å². The van der Waals surface area contributed by atoms with E-state index in [-0.39, 0.29) is 29.2 Å². The first-order valence-electron chi connectivity index (χ1n) is 18.4. The maximum Gasteiger partial charge on any atom is 0.329 e. The number of unbranched alkanes of at least 4 members (excludes halogenated alkanes) is 13. The van der Waals surface area contributed by atoms with E-state index in [0.717, 1.165) is 25.7 Å². The number of amides is 3. The zero-order chi connectivity index (χ0) is 38.3. The van der Waals surface area contributed by atoms with Crippen LogP contribution in [0.3, 0.4) is 0 Å². The molecule has 0 bridgehead atoms. The van der Waals surface area contributed by atoms with E-state index in [4.69, 9.17) is 4.74 Å². The highest BCUT2D eigenvalue weighted by Crippen LogP contribution is 2.36. The second kappa shape index (κ2) is 25.7. The number of nitrogens with one attached hydrogen (secondary N) is 3. The Bertz CT molecular complexity index is 1260. The molecule has 0 aromatic rings. The molecule has 1 aliphatic rings. The molecular formula is C36H63N5O7S3. The third kappa shape index (κ3) is 21.1. The number of esters is 1. The Kier molecular flexibility index (Phi) is 23.5. The molecule has 51 heavy (non-hydrogen) atoms. The fourth-order valence-corrected chi connectivity index (χ4v) is 9.34. The SMILES string of the molecule is CCCCCCCCCCCCCCCCS(=O)(=O)NC[C@H](NC(C)=O)C(=O)N[C@H]1C/C(=C/C#N)CN([C@@H](CSSC(C)(C)C)C(=O)OC)C1=O. The molecule has 1 rings (SSSR count). The second-order valence-electron chi connectivity index (χ2n) is 14.2. The van der Waals surface area contributed by atoms with Crippen LogP contribution in [0, 0.1) is 11.3 Å². The van der Waals surface area contributed by atoms with Crippen molar-refractivity contribution in [1.82, 2.24) is 20.3 Å². The lowest BCUT2D eigenvalue weighted by molar-refractivity contribution is -0.153. The van der Waals surface area contributed by atoms with Crippen molar-refractivity contribution in [1.29, 1.82) is 5.26 Å². The third-order valence-corrected chi connectivity index (χ3v) is 13.1. The van der Waals surface area contributed by atoms with Crippen LogP contribution in [-0.4, -0.2) is 91.6 Å². The summed E-state index contributed by atoms with van der Waals surface area (Å²) in [6.07, 6.45) is 17.4. The van der Waals surface area contributed by atoms with E-state index in [2.05, 4.69) is 22.3 Å². The van der Waals surface area contributed by atoms with Crippen LogP contribution in [0.4, 0.5) is 0 Å². The topological polar surface area (TPSA) is 175 Å². The first-order valence-corrected chi connectivity index (χ1v) is 22.4. The van der Waals surface area contributed by atoms with E-state index in [1.54, 1.807) is 10.8 Å². The molecule has 3 amide bonds. The highest BCUT2D eigenvalue weighted by atomic mass is 33.1. The number of nitriles is 1. The lowest BCUT2D eigenvalue weighted by atomic mass is 9.97. The minimum absolute atomic E-state index is 0.00739. The summed E-state index contributed by atoms with van der Waals surface area (Å²) in [6, 6.07) is -1.47. The van der Waals surface area contributed by atoms with Gasteiger partial charge in [-0.25, -0.2) is 17.9 Å². The maximum atomic E-state index is 13.7. The molecular weight excluding hydrogens is 711 g/mol. The van der Waals surface area contributed by atoms with Crippen molar-refractivity contribution in [3.8, 4) is 6.07 Å². The van der Waals surface area contributed by atoms with Gasteiger partial charge in [0.1, 0.15) is 18.1 Å². The number of carbonyl (C=O) groups excluding carboxylic acids is 4. The van der Waals surface area contributed by atoms with Crippen LogP contribution in [0.25, 0.3) is 0 Å².